The summed E-state index contributed by atoms with van der Waals surface area (Å²) in [6.45, 7) is 4.43. The molecule has 104 valence electrons. The lowest BCUT2D eigenvalue weighted by molar-refractivity contribution is -0.132. The van der Waals surface area contributed by atoms with Crippen LogP contribution in [0.4, 0.5) is 0 Å². The maximum absolute atomic E-state index is 12.2. The molecule has 0 atom stereocenters. The second-order valence-corrected chi connectivity index (χ2v) is 6.15. The van der Waals surface area contributed by atoms with Crippen molar-refractivity contribution in [1.82, 2.24) is 4.90 Å². The standard InChI is InChI=1S/C14H26N2OS/c1-11(2)16(10-13(15)18)14(17)9-8-12-6-4-3-5-7-12/h11-12H,3-10H2,1-2H3,(H2,15,18). The molecule has 1 aliphatic rings. The Morgan fingerprint density at radius 3 is 2.44 bits per heavy atom. The smallest absolute Gasteiger partial charge is 0.223 e. The molecule has 0 radical (unpaired) electrons. The van der Waals surface area contributed by atoms with Gasteiger partial charge in [0.25, 0.3) is 0 Å². The number of carbonyl (C=O) groups is 1. The van der Waals surface area contributed by atoms with E-state index in [1.54, 1.807) is 4.90 Å². The van der Waals surface area contributed by atoms with Gasteiger partial charge in [-0.3, -0.25) is 4.79 Å². The zero-order chi connectivity index (χ0) is 13.5. The molecule has 0 saturated heterocycles. The summed E-state index contributed by atoms with van der Waals surface area (Å²) in [7, 11) is 0. The van der Waals surface area contributed by atoms with Crippen LogP contribution in [0.15, 0.2) is 0 Å². The molecule has 0 aromatic heterocycles. The normalized spacial score (nSPS) is 16.8. The van der Waals surface area contributed by atoms with E-state index in [0.717, 1.165) is 12.3 Å². The summed E-state index contributed by atoms with van der Waals surface area (Å²) in [5, 5.41) is 0. The number of thiocarbonyl (C=S) groups is 1. The Hall–Kier alpha value is -0.640. The average Bonchev–Trinajstić information content (AvgIpc) is 2.34. The van der Waals surface area contributed by atoms with E-state index in [2.05, 4.69) is 0 Å². The number of hydrogen-bond donors (Lipinski definition) is 1. The molecule has 0 spiro atoms. The van der Waals surface area contributed by atoms with Crippen LogP contribution in [0.25, 0.3) is 0 Å². The number of amides is 1. The fraction of sp³-hybridized carbons (Fsp3) is 0.857. The van der Waals surface area contributed by atoms with Gasteiger partial charge in [-0.2, -0.15) is 0 Å². The second kappa shape index (κ2) is 7.72. The molecule has 0 bridgehead atoms. The topological polar surface area (TPSA) is 46.3 Å². The van der Waals surface area contributed by atoms with Crippen LogP contribution in [0.1, 0.15) is 58.8 Å². The van der Waals surface area contributed by atoms with Crippen LogP contribution in [0, 0.1) is 5.92 Å². The van der Waals surface area contributed by atoms with Crippen LogP contribution in [0.3, 0.4) is 0 Å². The van der Waals surface area contributed by atoms with Crippen molar-refractivity contribution < 1.29 is 4.79 Å². The summed E-state index contributed by atoms with van der Waals surface area (Å²) < 4.78 is 0. The molecule has 1 aliphatic carbocycles. The second-order valence-electron chi connectivity index (χ2n) is 5.62. The lowest BCUT2D eigenvalue weighted by Crippen LogP contribution is -2.42. The lowest BCUT2D eigenvalue weighted by atomic mass is 9.86. The van der Waals surface area contributed by atoms with Crippen molar-refractivity contribution in [1.29, 1.82) is 0 Å². The minimum Gasteiger partial charge on any atom is -0.392 e. The van der Waals surface area contributed by atoms with Crippen molar-refractivity contribution in [3.8, 4) is 0 Å². The first-order valence-electron chi connectivity index (χ1n) is 7.08. The van der Waals surface area contributed by atoms with Gasteiger partial charge in [-0.1, -0.05) is 44.3 Å². The molecule has 0 aromatic rings. The zero-order valence-corrected chi connectivity index (χ0v) is 12.5. The number of nitrogens with zero attached hydrogens (tertiary/aromatic N) is 1. The van der Waals surface area contributed by atoms with Gasteiger partial charge in [0, 0.05) is 12.5 Å². The maximum atomic E-state index is 12.2. The number of rotatable bonds is 6. The van der Waals surface area contributed by atoms with Crippen LogP contribution in [0.2, 0.25) is 0 Å². The largest absolute Gasteiger partial charge is 0.392 e. The summed E-state index contributed by atoms with van der Waals surface area (Å²) in [6, 6.07) is 0.172. The molecule has 0 aliphatic heterocycles. The van der Waals surface area contributed by atoms with Crippen LogP contribution >= 0.6 is 12.2 Å². The van der Waals surface area contributed by atoms with E-state index in [-0.39, 0.29) is 11.9 Å². The summed E-state index contributed by atoms with van der Waals surface area (Å²) in [4.78, 5) is 14.4. The first-order chi connectivity index (χ1) is 8.50. The molecule has 18 heavy (non-hydrogen) atoms. The molecular weight excluding hydrogens is 244 g/mol. The van der Waals surface area contributed by atoms with Crippen molar-refractivity contribution in [2.24, 2.45) is 11.7 Å². The van der Waals surface area contributed by atoms with E-state index in [9.17, 15) is 4.79 Å². The maximum Gasteiger partial charge on any atom is 0.223 e. The quantitative estimate of drug-likeness (QED) is 0.755. The highest BCUT2D eigenvalue weighted by atomic mass is 32.1. The summed E-state index contributed by atoms with van der Waals surface area (Å²) in [6.07, 6.45) is 8.29. The van der Waals surface area contributed by atoms with E-state index in [1.807, 2.05) is 13.8 Å². The third-order valence-electron chi connectivity index (χ3n) is 3.76. The fourth-order valence-electron chi connectivity index (χ4n) is 2.67. The minimum atomic E-state index is 0.172. The molecule has 2 N–H and O–H groups in total. The zero-order valence-electron chi connectivity index (χ0n) is 11.7. The van der Waals surface area contributed by atoms with Crippen molar-refractivity contribution in [2.75, 3.05) is 6.54 Å². The van der Waals surface area contributed by atoms with Gasteiger partial charge in [-0.15, -0.1) is 0 Å². The number of hydrogen-bond acceptors (Lipinski definition) is 2. The van der Waals surface area contributed by atoms with Gasteiger partial charge in [0.1, 0.15) is 0 Å². The molecule has 0 aromatic carbocycles. The molecule has 1 amide bonds. The minimum absolute atomic E-state index is 0.172. The Morgan fingerprint density at radius 2 is 1.94 bits per heavy atom. The fourth-order valence-corrected chi connectivity index (χ4v) is 2.81. The predicted octanol–water partition coefficient (Wildman–Crippen LogP) is 2.87. The highest BCUT2D eigenvalue weighted by Gasteiger charge is 2.20. The van der Waals surface area contributed by atoms with Gasteiger partial charge < -0.3 is 10.6 Å². The van der Waals surface area contributed by atoms with E-state index < -0.39 is 0 Å². The molecular formula is C14H26N2OS. The van der Waals surface area contributed by atoms with Gasteiger partial charge in [0.2, 0.25) is 5.91 Å². The molecule has 0 unspecified atom stereocenters. The van der Waals surface area contributed by atoms with Gasteiger partial charge in [-0.05, 0) is 26.2 Å². The Morgan fingerprint density at radius 1 is 1.33 bits per heavy atom. The first kappa shape index (κ1) is 15.4. The van der Waals surface area contributed by atoms with Crippen molar-refractivity contribution in [3.05, 3.63) is 0 Å². The van der Waals surface area contributed by atoms with E-state index in [4.69, 9.17) is 18.0 Å². The number of carbonyl (C=O) groups excluding carboxylic acids is 1. The average molecular weight is 270 g/mol. The molecule has 3 nitrogen and oxygen atoms in total. The first-order valence-corrected chi connectivity index (χ1v) is 7.49. The number of nitrogens with two attached hydrogens (primary N) is 1. The van der Waals surface area contributed by atoms with Crippen LogP contribution < -0.4 is 5.73 Å². The predicted molar refractivity (Wildman–Crippen MR) is 79.4 cm³/mol. The van der Waals surface area contributed by atoms with Gasteiger partial charge in [0.15, 0.2) is 0 Å². The van der Waals surface area contributed by atoms with E-state index in [0.29, 0.717) is 18.0 Å². The SMILES string of the molecule is CC(C)N(CC(N)=S)C(=O)CCC1CCCCC1. The third-order valence-corrected chi connectivity index (χ3v) is 3.89. The highest BCUT2D eigenvalue weighted by molar-refractivity contribution is 7.80. The van der Waals surface area contributed by atoms with Crippen molar-refractivity contribution >= 4 is 23.1 Å². The molecule has 0 heterocycles. The van der Waals surface area contributed by atoms with Crippen LogP contribution in [0.5, 0.6) is 0 Å². The Labute approximate surface area is 116 Å². The van der Waals surface area contributed by atoms with Crippen LogP contribution in [-0.4, -0.2) is 28.4 Å². The molecule has 1 saturated carbocycles. The monoisotopic (exact) mass is 270 g/mol. The summed E-state index contributed by atoms with van der Waals surface area (Å²) in [5.41, 5.74) is 5.55. The Kier molecular flexibility index (Phi) is 6.61. The van der Waals surface area contributed by atoms with E-state index in [1.165, 1.54) is 32.1 Å². The lowest BCUT2D eigenvalue weighted by Gasteiger charge is -2.28. The molecule has 1 rings (SSSR count). The highest BCUT2D eigenvalue weighted by Crippen LogP contribution is 2.27. The Bertz CT molecular complexity index is 286. The Balaban J connectivity index is 2.38. The van der Waals surface area contributed by atoms with Gasteiger partial charge in [-0.25, -0.2) is 0 Å². The molecule has 4 heteroatoms. The summed E-state index contributed by atoms with van der Waals surface area (Å²) >= 11 is 4.90. The van der Waals surface area contributed by atoms with Gasteiger partial charge in [0.05, 0.1) is 11.5 Å². The van der Waals surface area contributed by atoms with Crippen LogP contribution in [-0.2, 0) is 4.79 Å². The summed E-state index contributed by atoms with van der Waals surface area (Å²) in [5.74, 6) is 0.949. The molecule has 1 fully saturated rings. The third kappa shape index (κ3) is 5.34. The van der Waals surface area contributed by atoms with Crippen molar-refractivity contribution in [2.45, 2.75) is 64.8 Å². The van der Waals surface area contributed by atoms with Gasteiger partial charge >= 0.3 is 0 Å². The van der Waals surface area contributed by atoms with Crippen molar-refractivity contribution in [3.63, 3.8) is 0 Å². The van der Waals surface area contributed by atoms with E-state index >= 15 is 0 Å².